The molecule has 2 aromatic heterocycles. The van der Waals surface area contributed by atoms with Crippen LogP contribution < -0.4 is 34.0 Å². The topological polar surface area (TPSA) is 97.2 Å². The Morgan fingerprint density at radius 2 is 1.06 bits per heavy atom. The van der Waals surface area contributed by atoms with Crippen molar-refractivity contribution in [3.63, 3.8) is 0 Å². The van der Waals surface area contributed by atoms with Gasteiger partial charge in [0.15, 0.2) is 0 Å². The van der Waals surface area contributed by atoms with E-state index in [0.29, 0.717) is 0 Å². The molecule has 2 N–H and O–H groups in total. The van der Waals surface area contributed by atoms with E-state index >= 15 is 0 Å². The summed E-state index contributed by atoms with van der Waals surface area (Å²) >= 11 is 0. The Kier molecular flexibility index (Phi) is 63.7. The van der Waals surface area contributed by atoms with Gasteiger partial charge in [-0.05, 0) is 0 Å². The van der Waals surface area contributed by atoms with Crippen molar-refractivity contribution in [1.82, 2.24) is 19.9 Å². The van der Waals surface area contributed by atoms with Crippen LogP contribution in [0.1, 0.15) is 0 Å². The van der Waals surface area contributed by atoms with Crippen LogP contribution in [0, 0.1) is 13.3 Å². The van der Waals surface area contributed by atoms with E-state index in [9.17, 15) is 0 Å². The zero-order valence-electron chi connectivity index (χ0n) is 8.31. The smallest absolute Gasteiger partial charge is 0.0919 e. The number of nitrogens with one attached hydrogen (secondary N) is 2. The van der Waals surface area contributed by atoms with Gasteiger partial charge in [0, 0.05) is 45.2 Å². The Balaban J connectivity index is -0.0000000387. The van der Waals surface area contributed by atoms with Gasteiger partial charge in [-0.2, -0.15) is 0 Å². The zero-order valence-corrected chi connectivity index (χ0v) is 14.2. The molecule has 0 unspecified atom stereocenters. The molecule has 0 aliphatic carbocycles. The third-order valence-corrected chi connectivity index (χ3v) is 0.812. The van der Waals surface area contributed by atoms with Gasteiger partial charge in [0.25, 0.3) is 0 Å². The van der Waals surface area contributed by atoms with Crippen LogP contribution in [0.4, 0.5) is 0 Å². The minimum Gasteiger partial charge on any atom is -0.351 e. The average molecular weight is 538 g/mol. The van der Waals surface area contributed by atoms with Gasteiger partial charge in [-0.3, -0.25) is 0 Å². The van der Waals surface area contributed by atoms with E-state index in [1.54, 1.807) is 37.4 Å². The summed E-state index contributed by atoms with van der Waals surface area (Å²) in [6, 6.07) is 0. The summed E-state index contributed by atoms with van der Waals surface area (Å²) in [7, 11) is 0. The van der Waals surface area contributed by atoms with Crippen molar-refractivity contribution in [2.75, 3.05) is 0 Å². The maximum absolute atomic E-state index is 7.50. The van der Waals surface area contributed by atoms with E-state index < -0.39 is 0 Å². The summed E-state index contributed by atoms with van der Waals surface area (Å²) in [5.74, 6) is 0. The van der Waals surface area contributed by atoms with Crippen LogP contribution in [-0.2, 0) is 29.7 Å². The fourth-order valence-corrected chi connectivity index (χ4v) is 0.430. The van der Waals surface area contributed by atoms with E-state index in [2.05, 4.69) is 33.2 Å². The monoisotopic (exact) mass is 537 g/mol. The van der Waals surface area contributed by atoms with Crippen molar-refractivity contribution in [1.29, 1.82) is 0 Å². The Labute approximate surface area is 134 Å². The summed E-state index contributed by atoms with van der Waals surface area (Å²) in [5, 5.41) is 0. The van der Waals surface area contributed by atoms with Crippen LogP contribution >= 0.6 is 0 Å². The number of aromatic amines is 2. The molecule has 2 heterocycles. The number of halogens is 2. The first-order chi connectivity index (χ1) is 7.00. The molecule has 2 rings (SSSR count). The molecule has 0 atom stereocenters. The number of nitrogens with zero attached hydrogens (tertiary/aromatic N) is 2. The molecule has 0 aliphatic rings. The number of H-pyrrole nitrogens is 2. The Hall–Kier alpha value is -0.478. The molecule has 0 saturated heterocycles. The molecule has 1 radical (unpaired) electrons. The number of rotatable bonds is 0. The number of hydrogen-bond acceptors (Lipinski definition) is 2. The van der Waals surface area contributed by atoms with Gasteiger partial charge < -0.3 is 43.9 Å². The van der Waals surface area contributed by atoms with Gasteiger partial charge in [-0.25, -0.2) is 9.97 Å². The first-order valence-corrected chi connectivity index (χ1v) is 3.26. The molecule has 6 nitrogen and oxygen atoms in total. The largest absolute Gasteiger partial charge is 0.351 e. The first kappa shape index (κ1) is 30.0. The van der Waals surface area contributed by atoms with Crippen LogP contribution in [0.3, 0.4) is 0 Å². The first-order valence-electron chi connectivity index (χ1n) is 3.26. The second-order valence-electron chi connectivity index (χ2n) is 1.52. The zero-order chi connectivity index (χ0) is 11.1. The van der Waals surface area contributed by atoms with Crippen molar-refractivity contribution in [2.45, 2.75) is 0 Å². The predicted molar refractivity (Wildman–Crippen MR) is 45.0 cm³/mol. The Morgan fingerprint density at radius 3 is 1.12 bits per heavy atom. The normalized spacial score (nSPS) is 4.94. The summed E-state index contributed by atoms with van der Waals surface area (Å²) in [4.78, 5) is 12.8. The third-order valence-electron chi connectivity index (χ3n) is 0.812. The van der Waals surface area contributed by atoms with Gasteiger partial charge in [-0.15, -0.1) is 0 Å². The van der Waals surface area contributed by atoms with Crippen molar-refractivity contribution < 1.29 is 63.7 Å². The van der Waals surface area contributed by atoms with E-state index in [1.807, 2.05) is 0 Å². The predicted octanol–water partition coefficient (Wildman–Crippen LogP) is -5.25. The van der Waals surface area contributed by atoms with Crippen LogP contribution in [0.2, 0.25) is 0 Å². The summed E-state index contributed by atoms with van der Waals surface area (Å²) in [5.41, 5.74) is 0. The van der Waals surface area contributed by atoms with Crippen molar-refractivity contribution in [2.24, 2.45) is 0 Å². The molecular formula is C8H8Br2N4O2Re-2. The SMILES string of the molecule is [Br-].[Br-].[C-]#[O+].[C-]#[O+].[Re].c1c[nH]cn1.c1c[nH]cn1. The molecule has 2 aromatic rings. The number of imidazole rings is 2. The fraction of sp³-hybridized carbons (Fsp3) is 0. The summed E-state index contributed by atoms with van der Waals surface area (Å²) < 4.78 is 15.0. The summed E-state index contributed by atoms with van der Waals surface area (Å²) in [6.45, 7) is 9.00. The van der Waals surface area contributed by atoms with Gasteiger partial charge in [0.1, 0.15) is 0 Å². The van der Waals surface area contributed by atoms with Crippen LogP contribution in [0.5, 0.6) is 0 Å². The number of hydrogen-bond donors (Lipinski definition) is 2. The maximum atomic E-state index is 7.50. The third kappa shape index (κ3) is 31.3. The summed E-state index contributed by atoms with van der Waals surface area (Å²) in [6.07, 6.45) is 10.2. The Morgan fingerprint density at radius 1 is 0.765 bits per heavy atom. The maximum Gasteiger partial charge on any atom is 0.0919 e. The molecule has 0 aromatic carbocycles. The molecule has 95 valence electrons. The molecule has 0 amide bonds. The van der Waals surface area contributed by atoms with Gasteiger partial charge in [-0.1, -0.05) is 0 Å². The fourth-order valence-electron chi connectivity index (χ4n) is 0.430. The molecule has 0 fully saturated rings. The quantitative estimate of drug-likeness (QED) is 0.259. The van der Waals surface area contributed by atoms with Crippen molar-refractivity contribution >= 4 is 0 Å². The van der Waals surface area contributed by atoms with Crippen LogP contribution in [0.25, 0.3) is 0 Å². The molecular weight excluding hydrogens is 530 g/mol. The molecule has 0 saturated carbocycles. The van der Waals surface area contributed by atoms with Gasteiger partial charge >= 0.3 is 22.6 Å². The minimum atomic E-state index is 0. The van der Waals surface area contributed by atoms with Gasteiger partial charge in [0.05, 0.1) is 12.7 Å². The van der Waals surface area contributed by atoms with Crippen LogP contribution in [-0.4, -0.2) is 19.9 Å². The standard InChI is InChI=1S/2C3H4N2.2CO.2BrH.Re/c2*1-2-5-3-4-1;2*1-2;;;/h2*1-3H,(H,4,5);;;2*1H;/p-2. The molecule has 9 heteroatoms. The van der Waals surface area contributed by atoms with E-state index in [4.69, 9.17) is 9.30 Å². The van der Waals surface area contributed by atoms with Crippen LogP contribution in [0.15, 0.2) is 37.4 Å². The molecule has 0 spiro atoms. The number of aromatic nitrogens is 4. The van der Waals surface area contributed by atoms with Gasteiger partial charge in [0.2, 0.25) is 0 Å². The molecule has 0 bridgehead atoms. The van der Waals surface area contributed by atoms with E-state index in [0.717, 1.165) is 0 Å². The van der Waals surface area contributed by atoms with Crippen molar-refractivity contribution in [3.8, 4) is 0 Å². The van der Waals surface area contributed by atoms with E-state index in [1.165, 1.54) is 0 Å². The second-order valence-corrected chi connectivity index (χ2v) is 1.52. The molecule has 17 heavy (non-hydrogen) atoms. The second kappa shape index (κ2) is 36.1. The molecule has 0 aliphatic heterocycles. The minimum absolute atomic E-state index is 0. The average Bonchev–Trinajstić information content (AvgIpc) is 3.01. The van der Waals surface area contributed by atoms with Crippen molar-refractivity contribution in [3.05, 3.63) is 50.7 Å². The Bertz CT molecular complexity index is 233. The van der Waals surface area contributed by atoms with E-state index in [-0.39, 0.29) is 54.4 Å².